The Kier molecular flexibility index (Phi) is 3.58. The van der Waals surface area contributed by atoms with Gasteiger partial charge < -0.3 is 5.11 Å². The lowest BCUT2D eigenvalue weighted by atomic mass is 9.96. The number of aliphatic carboxylic acids is 1. The first kappa shape index (κ1) is 13.6. The third kappa shape index (κ3) is 2.87. The number of hydrogen-bond acceptors (Lipinski definition) is 3. The van der Waals surface area contributed by atoms with Gasteiger partial charge in [0.15, 0.2) is 5.65 Å². The number of carbonyl (C=O) groups is 1. The SMILES string of the molecule is O=C(O)C(Cc1cccc(Cl)c1)c1ccn2nccc2n1. The molecule has 5 nitrogen and oxygen atoms in total. The van der Waals surface area contributed by atoms with Crippen LogP contribution in [0.25, 0.3) is 5.65 Å². The molecule has 0 radical (unpaired) electrons. The molecule has 1 aromatic carbocycles. The molecular formula is C15H12ClN3O2. The minimum Gasteiger partial charge on any atom is -0.481 e. The van der Waals surface area contributed by atoms with Gasteiger partial charge in [-0.25, -0.2) is 9.50 Å². The Morgan fingerprint density at radius 1 is 1.33 bits per heavy atom. The lowest BCUT2D eigenvalue weighted by molar-refractivity contribution is -0.138. The summed E-state index contributed by atoms with van der Waals surface area (Å²) in [5.41, 5.74) is 2.01. The Hall–Kier alpha value is -2.40. The van der Waals surface area contributed by atoms with E-state index in [1.807, 2.05) is 12.1 Å². The summed E-state index contributed by atoms with van der Waals surface area (Å²) in [4.78, 5) is 15.9. The maximum atomic E-state index is 11.6. The molecule has 0 aliphatic carbocycles. The zero-order valence-corrected chi connectivity index (χ0v) is 11.7. The molecule has 1 unspecified atom stereocenters. The van der Waals surface area contributed by atoms with Crippen LogP contribution in [-0.4, -0.2) is 25.7 Å². The predicted octanol–water partition coefficient (Wildman–Crippen LogP) is 2.79. The van der Waals surface area contributed by atoms with Crippen LogP contribution in [-0.2, 0) is 11.2 Å². The highest BCUT2D eigenvalue weighted by Crippen LogP contribution is 2.22. The summed E-state index contributed by atoms with van der Waals surface area (Å²) in [7, 11) is 0. The number of benzene rings is 1. The molecular weight excluding hydrogens is 290 g/mol. The molecule has 106 valence electrons. The summed E-state index contributed by atoms with van der Waals surface area (Å²) >= 11 is 5.94. The summed E-state index contributed by atoms with van der Waals surface area (Å²) in [5.74, 6) is -1.63. The van der Waals surface area contributed by atoms with Crippen LogP contribution >= 0.6 is 11.6 Å². The van der Waals surface area contributed by atoms with Crippen molar-refractivity contribution >= 4 is 23.2 Å². The van der Waals surface area contributed by atoms with Gasteiger partial charge in [-0.15, -0.1) is 0 Å². The Bertz CT molecular complexity index is 800. The van der Waals surface area contributed by atoms with Crippen LogP contribution in [0.2, 0.25) is 5.02 Å². The van der Waals surface area contributed by atoms with Crippen molar-refractivity contribution in [2.75, 3.05) is 0 Å². The number of fused-ring (bicyclic) bond motifs is 1. The van der Waals surface area contributed by atoms with Crippen molar-refractivity contribution in [1.82, 2.24) is 14.6 Å². The number of carboxylic acid groups (broad SMARTS) is 1. The average Bonchev–Trinajstić information content (AvgIpc) is 2.92. The molecule has 0 aliphatic rings. The van der Waals surface area contributed by atoms with Crippen molar-refractivity contribution < 1.29 is 9.90 Å². The van der Waals surface area contributed by atoms with Crippen LogP contribution in [0.1, 0.15) is 17.2 Å². The van der Waals surface area contributed by atoms with E-state index in [0.29, 0.717) is 22.8 Å². The highest BCUT2D eigenvalue weighted by molar-refractivity contribution is 6.30. The molecule has 0 fully saturated rings. The van der Waals surface area contributed by atoms with Gasteiger partial charge in [0.1, 0.15) is 5.92 Å². The second-order valence-electron chi connectivity index (χ2n) is 4.71. The van der Waals surface area contributed by atoms with E-state index in [-0.39, 0.29) is 0 Å². The van der Waals surface area contributed by atoms with E-state index in [9.17, 15) is 9.90 Å². The lowest BCUT2D eigenvalue weighted by Gasteiger charge is -2.12. The smallest absolute Gasteiger partial charge is 0.312 e. The monoisotopic (exact) mass is 301 g/mol. The molecule has 0 spiro atoms. The average molecular weight is 302 g/mol. The molecule has 2 heterocycles. The number of carboxylic acids is 1. The van der Waals surface area contributed by atoms with Crippen molar-refractivity contribution in [2.24, 2.45) is 0 Å². The molecule has 6 heteroatoms. The predicted molar refractivity (Wildman–Crippen MR) is 78.5 cm³/mol. The van der Waals surface area contributed by atoms with Gasteiger partial charge in [-0.1, -0.05) is 23.7 Å². The van der Waals surface area contributed by atoms with Crippen molar-refractivity contribution in [3.05, 3.63) is 65.1 Å². The summed E-state index contributed by atoms with van der Waals surface area (Å²) in [5, 5.41) is 14.1. The van der Waals surface area contributed by atoms with E-state index >= 15 is 0 Å². The lowest BCUT2D eigenvalue weighted by Crippen LogP contribution is -2.16. The van der Waals surface area contributed by atoms with E-state index in [1.54, 1.807) is 41.2 Å². The number of nitrogens with zero attached hydrogens (tertiary/aromatic N) is 3. The molecule has 1 atom stereocenters. The first-order valence-electron chi connectivity index (χ1n) is 6.41. The fourth-order valence-corrected chi connectivity index (χ4v) is 2.45. The van der Waals surface area contributed by atoms with Gasteiger partial charge in [-0.05, 0) is 30.2 Å². The molecule has 0 saturated carbocycles. The van der Waals surface area contributed by atoms with Crippen molar-refractivity contribution in [3.8, 4) is 0 Å². The fraction of sp³-hybridized carbons (Fsp3) is 0.133. The number of aromatic nitrogens is 3. The second kappa shape index (κ2) is 5.54. The highest BCUT2D eigenvalue weighted by atomic mass is 35.5. The van der Waals surface area contributed by atoms with Crippen LogP contribution in [0.4, 0.5) is 0 Å². The van der Waals surface area contributed by atoms with Crippen molar-refractivity contribution in [1.29, 1.82) is 0 Å². The molecule has 3 rings (SSSR count). The standard InChI is InChI=1S/C15H12ClN3O2/c16-11-3-1-2-10(8-11)9-12(15(20)21)13-5-7-19-14(18-13)4-6-17-19/h1-8,12H,9H2,(H,20,21). The van der Waals surface area contributed by atoms with Gasteiger partial charge in [0, 0.05) is 17.3 Å². The highest BCUT2D eigenvalue weighted by Gasteiger charge is 2.22. The Morgan fingerprint density at radius 3 is 2.95 bits per heavy atom. The quantitative estimate of drug-likeness (QED) is 0.804. The molecule has 3 aromatic rings. The molecule has 1 N–H and O–H groups in total. The Labute approximate surface area is 125 Å². The number of rotatable bonds is 4. The van der Waals surface area contributed by atoms with Crippen LogP contribution in [0, 0.1) is 0 Å². The first-order valence-corrected chi connectivity index (χ1v) is 6.79. The zero-order chi connectivity index (χ0) is 14.8. The summed E-state index contributed by atoms with van der Waals surface area (Å²) in [6, 6.07) is 10.6. The molecule has 0 bridgehead atoms. The minimum atomic E-state index is -0.911. The topological polar surface area (TPSA) is 67.5 Å². The Balaban J connectivity index is 1.95. The van der Waals surface area contributed by atoms with E-state index in [4.69, 9.17) is 11.6 Å². The molecule has 0 amide bonds. The Morgan fingerprint density at radius 2 is 2.19 bits per heavy atom. The summed E-state index contributed by atoms with van der Waals surface area (Å²) in [6.07, 6.45) is 3.68. The second-order valence-corrected chi connectivity index (χ2v) is 5.15. The van der Waals surface area contributed by atoms with Crippen LogP contribution < -0.4 is 0 Å². The van der Waals surface area contributed by atoms with Crippen molar-refractivity contribution in [2.45, 2.75) is 12.3 Å². The van der Waals surface area contributed by atoms with Crippen LogP contribution in [0.15, 0.2) is 48.8 Å². The van der Waals surface area contributed by atoms with Gasteiger partial charge in [0.2, 0.25) is 0 Å². The minimum absolute atomic E-state index is 0.340. The fourth-order valence-electron chi connectivity index (χ4n) is 2.24. The van der Waals surface area contributed by atoms with Gasteiger partial charge in [0.25, 0.3) is 0 Å². The van der Waals surface area contributed by atoms with E-state index in [2.05, 4.69) is 10.1 Å². The van der Waals surface area contributed by atoms with E-state index < -0.39 is 11.9 Å². The van der Waals surface area contributed by atoms with Crippen LogP contribution in [0.3, 0.4) is 0 Å². The normalized spacial score (nSPS) is 12.4. The molecule has 0 aliphatic heterocycles. The molecule has 21 heavy (non-hydrogen) atoms. The van der Waals surface area contributed by atoms with Gasteiger partial charge in [-0.2, -0.15) is 5.10 Å². The van der Waals surface area contributed by atoms with E-state index in [1.165, 1.54) is 0 Å². The van der Waals surface area contributed by atoms with Gasteiger partial charge in [-0.3, -0.25) is 4.79 Å². The zero-order valence-electron chi connectivity index (χ0n) is 11.0. The van der Waals surface area contributed by atoms with E-state index in [0.717, 1.165) is 5.56 Å². The third-order valence-electron chi connectivity index (χ3n) is 3.26. The van der Waals surface area contributed by atoms with Gasteiger partial charge >= 0.3 is 5.97 Å². The van der Waals surface area contributed by atoms with Crippen molar-refractivity contribution in [3.63, 3.8) is 0 Å². The first-order chi connectivity index (χ1) is 10.1. The third-order valence-corrected chi connectivity index (χ3v) is 3.50. The number of hydrogen-bond donors (Lipinski definition) is 1. The van der Waals surface area contributed by atoms with Gasteiger partial charge in [0.05, 0.1) is 11.9 Å². The summed E-state index contributed by atoms with van der Waals surface area (Å²) in [6.45, 7) is 0. The largest absolute Gasteiger partial charge is 0.481 e. The summed E-state index contributed by atoms with van der Waals surface area (Å²) < 4.78 is 1.60. The maximum Gasteiger partial charge on any atom is 0.312 e. The number of halogens is 1. The molecule has 2 aromatic heterocycles. The maximum absolute atomic E-state index is 11.6. The molecule has 0 saturated heterocycles. The van der Waals surface area contributed by atoms with Crippen LogP contribution in [0.5, 0.6) is 0 Å².